The van der Waals surface area contributed by atoms with Gasteiger partial charge in [0.15, 0.2) is 5.96 Å². The Morgan fingerprint density at radius 2 is 2.04 bits per heavy atom. The fraction of sp³-hybridized carbons (Fsp3) is 0.875. The number of carbonyl (C=O) groups is 1. The van der Waals surface area contributed by atoms with Gasteiger partial charge in [-0.15, -0.1) is 0 Å². The number of aliphatic imine (C=N–C) groups is 1. The van der Waals surface area contributed by atoms with Crippen LogP contribution in [0.15, 0.2) is 4.99 Å². The Kier molecular flexibility index (Phi) is 7.11. The quantitative estimate of drug-likeness (QED) is 0.562. The van der Waals surface area contributed by atoms with Gasteiger partial charge >= 0.3 is 0 Å². The van der Waals surface area contributed by atoms with Crippen LogP contribution in [0.25, 0.3) is 0 Å². The first-order valence-electron chi connectivity index (χ1n) is 8.60. The molecule has 0 aliphatic carbocycles. The van der Waals surface area contributed by atoms with Gasteiger partial charge in [-0.2, -0.15) is 0 Å². The highest BCUT2D eigenvalue weighted by Crippen LogP contribution is 2.11. The van der Waals surface area contributed by atoms with Crippen molar-refractivity contribution in [3.05, 3.63) is 0 Å². The molecule has 1 atom stereocenters. The van der Waals surface area contributed by atoms with Crippen LogP contribution in [-0.4, -0.2) is 99.7 Å². The summed E-state index contributed by atoms with van der Waals surface area (Å²) in [6, 6.07) is 0. The second kappa shape index (κ2) is 9.08. The van der Waals surface area contributed by atoms with Crippen molar-refractivity contribution in [2.75, 3.05) is 67.0 Å². The number of carbonyl (C=O) groups excluding carboxylic acids is 1. The van der Waals surface area contributed by atoms with Crippen LogP contribution in [0.2, 0.25) is 0 Å². The van der Waals surface area contributed by atoms with Gasteiger partial charge in [-0.05, 0) is 12.8 Å². The monoisotopic (exact) mass is 325 g/mol. The molecule has 0 spiro atoms. The molecular formula is C16H31N5O2. The number of rotatable bonds is 5. The Morgan fingerprint density at radius 3 is 2.61 bits per heavy atom. The smallest absolute Gasteiger partial charge is 0.223 e. The van der Waals surface area contributed by atoms with Crippen LogP contribution in [0, 0.1) is 0 Å². The van der Waals surface area contributed by atoms with Gasteiger partial charge in [0, 0.05) is 73.4 Å². The lowest BCUT2D eigenvalue weighted by atomic mass is 10.2. The molecule has 2 heterocycles. The summed E-state index contributed by atoms with van der Waals surface area (Å²) in [5, 5.41) is 3.43. The lowest BCUT2D eigenvalue weighted by Gasteiger charge is -2.36. The Balaban J connectivity index is 1.68. The van der Waals surface area contributed by atoms with Crippen LogP contribution in [0.3, 0.4) is 0 Å². The van der Waals surface area contributed by atoms with E-state index in [9.17, 15) is 4.79 Å². The maximum absolute atomic E-state index is 11.7. The van der Waals surface area contributed by atoms with Gasteiger partial charge < -0.3 is 19.9 Å². The molecule has 7 heteroatoms. The summed E-state index contributed by atoms with van der Waals surface area (Å²) in [4.78, 5) is 22.4. The molecule has 2 aliphatic rings. The molecule has 1 amide bonds. The van der Waals surface area contributed by atoms with Crippen molar-refractivity contribution in [2.45, 2.75) is 25.4 Å². The van der Waals surface area contributed by atoms with E-state index in [0.29, 0.717) is 12.5 Å². The second-order valence-corrected chi connectivity index (χ2v) is 6.43. The Morgan fingerprint density at radius 1 is 1.30 bits per heavy atom. The largest absolute Gasteiger partial charge is 0.376 e. The first-order chi connectivity index (χ1) is 11.1. The van der Waals surface area contributed by atoms with Gasteiger partial charge in [-0.25, -0.2) is 0 Å². The summed E-state index contributed by atoms with van der Waals surface area (Å²) < 4.78 is 5.65. The number of piperazine rings is 1. The van der Waals surface area contributed by atoms with Gasteiger partial charge in [0.05, 0.1) is 6.10 Å². The minimum Gasteiger partial charge on any atom is -0.376 e. The summed E-state index contributed by atoms with van der Waals surface area (Å²) in [6.07, 6.45) is 3.22. The molecule has 1 unspecified atom stereocenters. The fourth-order valence-corrected chi connectivity index (χ4v) is 3.00. The lowest BCUT2D eigenvalue weighted by Crippen LogP contribution is -2.53. The molecule has 23 heavy (non-hydrogen) atoms. The number of hydrogen-bond donors (Lipinski definition) is 1. The zero-order chi connectivity index (χ0) is 16.7. The van der Waals surface area contributed by atoms with Crippen LogP contribution in [0.1, 0.15) is 19.3 Å². The normalized spacial score (nSPS) is 23.2. The Labute approximate surface area is 139 Å². The lowest BCUT2D eigenvalue weighted by molar-refractivity contribution is -0.129. The maximum atomic E-state index is 11.7. The van der Waals surface area contributed by atoms with Crippen LogP contribution >= 0.6 is 0 Å². The van der Waals surface area contributed by atoms with Gasteiger partial charge in [0.25, 0.3) is 0 Å². The number of amides is 1. The molecule has 0 aromatic carbocycles. The standard InChI is InChI=1S/C16H31N5O2/c1-17-16(18-13-14-5-4-12-23-14)21-10-8-20(9-11-21)7-6-15(22)19(2)3/h14H,4-13H2,1-3H3,(H,17,18). The van der Waals surface area contributed by atoms with E-state index in [2.05, 4.69) is 20.1 Å². The van der Waals surface area contributed by atoms with Crippen LogP contribution in [0.5, 0.6) is 0 Å². The molecule has 2 aliphatic heterocycles. The molecule has 0 radical (unpaired) electrons. The first-order valence-corrected chi connectivity index (χ1v) is 8.60. The predicted octanol–water partition coefficient (Wildman–Crippen LogP) is -0.163. The number of nitrogens with zero attached hydrogens (tertiary/aromatic N) is 4. The highest BCUT2D eigenvalue weighted by molar-refractivity contribution is 5.80. The maximum Gasteiger partial charge on any atom is 0.223 e. The molecule has 0 aromatic heterocycles. The van der Waals surface area contributed by atoms with Crippen molar-refractivity contribution in [1.29, 1.82) is 0 Å². The van der Waals surface area contributed by atoms with Crippen molar-refractivity contribution >= 4 is 11.9 Å². The van der Waals surface area contributed by atoms with Crippen molar-refractivity contribution in [2.24, 2.45) is 4.99 Å². The molecule has 0 saturated carbocycles. The highest BCUT2D eigenvalue weighted by atomic mass is 16.5. The van der Waals surface area contributed by atoms with Gasteiger partial charge in [-0.3, -0.25) is 14.7 Å². The number of guanidine groups is 1. The zero-order valence-electron chi connectivity index (χ0n) is 14.8. The summed E-state index contributed by atoms with van der Waals surface area (Å²) >= 11 is 0. The summed E-state index contributed by atoms with van der Waals surface area (Å²) in [6.45, 7) is 6.40. The summed E-state index contributed by atoms with van der Waals surface area (Å²) in [5.74, 6) is 1.16. The molecule has 2 saturated heterocycles. The van der Waals surface area contributed by atoms with E-state index >= 15 is 0 Å². The zero-order valence-corrected chi connectivity index (χ0v) is 14.8. The van der Waals surface area contributed by atoms with E-state index in [1.807, 2.05) is 21.1 Å². The third kappa shape index (κ3) is 5.66. The Hall–Kier alpha value is -1.34. The van der Waals surface area contributed by atoms with Crippen molar-refractivity contribution in [3.63, 3.8) is 0 Å². The van der Waals surface area contributed by atoms with Crippen LogP contribution in [0.4, 0.5) is 0 Å². The van der Waals surface area contributed by atoms with Crippen molar-refractivity contribution < 1.29 is 9.53 Å². The van der Waals surface area contributed by atoms with Crippen molar-refractivity contribution in [1.82, 2.24) is 20.0 Å². The molecule has 2 fully saturated rings. The topological polar surface area (TPSA) is 60.4 Å². The Bertz CT molecular complexity index is 399. The van der Waals surface area contributed by atoms with E-state index in [1.54, 1.807) is 4.90 Å². The van der Waals surface area contributed by atoms with E-state index in [4.69, 9.17) is 4.74 Å². The summed E-state index contributed by atoms with van der Waals surface area (Å²) in [7, 11) is 5.45. The van der Waals surface area contributed by atoms with E-state index < -0.39 is 0 Å². The van der Waals surface area contributed by atoms with E-state index in [0.717, 1.165) is 64.7 Å². The molecule has 132 valence electrons. The SMILES string of the molecule is CN=C(NCC1CCCO1)N1CCN(CCC(=O)N(C)C)CC1. The van der Waals surface area contributed by atoms with Crippen LogP contribution in [-0.2, 0) is 9.53 Å². The average molecular weight is 325 g/mol. The molecule has 1 N–H and O–H groups in total. The minimum atomic E-state index is 0.196. The van der Waals surface area contributed by atoms with E-state index in [1.165, 1.54) is 0 Å². The highest BCUT2D eigenvalue weighted by Gasteiger charge is 2.21. The third-order valence-corrected chi connectivity index (χ3v) is 4.54. The first kappa shape index (κ1) is 18.0. The molecule has 0 bridgehead atoms. The van der Waals surface area contributed by atoms with E-state index in [-0.39, 0.29) is 5.91 Å². The molecule has 7 nitrogen and oxygen atoms in total. The molecule has 2 rings (SSSR count). The molecule has 0 aromatic rings. The van der Waals surface area contributed by atoms with Gasteiger partial charge in [-0.1, -0.05) is 0 Å². The third-order valence-electron chi connectivity index (χ3n) is 4.54. The fourth-order valence-electron chi connectivity index (χ4n) is 3.00. The molecular weight excluding hydrogens is 294 g/mol. The van der Waals surface area contributed by atoms with Gasteiger partial charge in [0.1, 0.15) is 0 Å². The predicted molar refractivity (Wildman–Crippen MR) is 91.7 cm³/mol. The minimum absolute atomic E-state index is 0.196. The second-order valence-electron chi connectivity index (χ2n) is 6.43. The number of nitrogens with one attached hydrogen (secondary N) is 1. The van der Waals surface area contributed by atoms with Crippen molar-refractivity contribution in [3.8, 4) is 0 Å². The van der Waals surface area contributed by atoms with Crippen LogP contribution < -0.4 is 5.32 Å². The van der Waals surface area contributed by atoms with Gasteiger partial charge in [0.2, 0.25) is 5.91 Å². The average Bonchev–Trinajstić information content (AvgIpc) is 3.07. The summed E-state index contributed by atoms with van der Waals surface area (Å²) in [5.41, 5.74) is 0. The number of ether oxygens (including phenoxy) is 1. The number of hydrogen-bond acceptors (Lipinski definition) is 4.